The molecule has 0 aliphatic heterocycles. The van der Waals surface area contributed by atoms with E-state index in [9.17, 15) is 4.79 Å². The molecule has 0 saturated heterocycles. The largest absolute Gasteiger partial charge is 0.494 e. The summed E-state index contributed by atoms with van der Waals surface area (Å²) in [5.41, 5.74) is 7.10. The smallest absolute Gasteiger partial charge is 0.254 e. The number of ether oxygens (including phenoxy) is 1. The number of benzene rings is 1. The Bertz CT molecular complexity index is 482. The molecule has 1 aromatic carbocycles. The average molecular weight is 290 g/mol. The molecule has 1 amide bonds. The number of nitrogens with two attached hydrogens (primary N) is 1. The third-order valence-electron chi connectivity index (χ3n) is 4.10. The summed E-state index contributed by atoms with van der Waals surface area (Å²) in [6.07, 6.45) is 5.95. The predicted octanol–water partition coefficient (Wildman–Crippen LogP) is 3.46. The van der Waals surface area contributed by atoms with Crippen molar-refractivity contribution in [2.75, 3.05) is 18.9 Å². The lowest BCUT2D eigenvalue weighted by Gasteiger charge is -2.33. The maximum atomic E-state index is 12.8. The first-order valence-corrected chi connectivity index (χ1v) is 8.00. The van der Waals surface area contributed by atoms with Crippen LogP contribution in [0.2, 0.25) is 0 Å². The molecule has 0 unspecified atom stereocenters. The van der Waals surface area contributed by atoms with Crippen LogP contribution in [0.25, 0.3) is 0 Å². The Hall–Kier alpha value is -1.71. The van der Waals surface area contributed by atoms with Crippen LogP contribution in [0.3, 0.4) is 0 Å². The molecule has 0 atom stereocenters. The van der Waals surface area contributed by atoms with Gasteiger partial charge in [0.05, 0.1) is 6.61 Å². The summed E-state index contributed by atoms with van der Waals surface area (Å²) >= 11 is 0. The van der Waals surface area contributed by atoms with E-state index in [4.69, 9.17) is 10.5 Å². The molecule has 2 rings (SSSR count). The molecule has 0 spiro atoms. The molecular formula is C17H26N2O2. The zero-order valence-corrected chi connectivity index (χ0v) is 13.1. The molecule has 1 aliphatic carbocycles. The maximum absolute atomic E-state index is 12.8. The number of rotatable bonds is 5. The second-order valence-electron chi connectivity index (χ2n) is 5.61. The van der Waals surface area contributed by atoms with Crippen molar-refractivity contribution in [2.45, 2.75) is 52.0 Å². The molecule has 0 heterocycles. The highest BCUT2D eigenvalue weighted by Gasteiger charge is 2.25. The SMILES string of the molecule is CCOc1cc(N)cc(C(=O)N(CC)C2CCCCC2)c1. The van der Waals surface area contributed by atoms with Crippen LogP contribution in [0.5, 0.6) is 5.75 Å². The van der Waals surface area contributed by atoms with Crippen LogP contribution in [0.15, 0.2) is 18.2 Å². The van der Waals surface area contributed by atoms with Gasteiger partial charge in [-0.3, -0.25) is 4.79 Å². The Balaban J connectivity index is 2.20. The zero-order chi connectivity index (χ0) is 15.2. The Morgan fingerprint density at radius 1 is 1.24 bits per heavy atom. The fourth-order valence-corrected chi connectivity index (χ4v) is 3.12. The van der Waals surface area contributed by atoms with Crippen molar-refractivity contribution in [3.05, 3.63) is 23.8 Å². The van der Waals surface area contributed by atoms with Gasteiger partial charge in [0.2, 0.25) is 0 Å². The van der Waals surface area contributed by atoms with Gasteiger partial charge in [0.25, 0.3) is 5.91 Å². The molecule has 116 valence electrons. The average Bonchev–Trinajstić information content (AvgIpc) is 2.49. The van der Waals surface area contributed by atoms with Gasteiger partial charge in [-0.1, -0.05) is 19.3 Å². The van der Waals surface area contributed by atoms with Crippen LogP contribution >= 0.6 is 0 Å². The van der Waals surface area contributed by atoms with E-state index in [-0.39, 0.29) is 5.91 Å². The van der Waals surface area contributed by atoms with Gasteiger partial charge in [-0.25, -0.2) is 0 Å². The van der Waals surface area contributed by atoms with Crippen LogP contribution in [0, 0.1) is 0 Å². The van der Waals surface area contributed by atoms with Crippen LogP contribution in [0.4, 0.5) is 5.69 Å². The molecule has 1 aliphatic rings. The van der Waals surface area contributed by atoms with E-state index in [2.05, 4.69) is 0 Å². The fraction of sp³-hybridized carbons (Fsp3) is 0.588. The highest BCUT2D eigenvalue weighted by atomic mass is 16.5. The summed E-state index contributed by atoms with van der Waals surface area (Å²) in [4.78, 5) is 14.8. The molecule has 0 aromatic heterocycles. The van der Waals surface area contributed by atoms with Crippen molar-refractivity contribution in [2.24, 2.45) is 0 Å². The topological polar surface area (TPSA) is 55.6 Å². The molecule has 0 bridgehead atoms. The quantitative estimate of drug-likeness (QED) is 0.845. The number of nitrogens with zero attached hydrogens (tertiary/aromatic N) is 1. The van der Waals surface area contributed by atoms with Crippen LogP contribution in [0.1, 0.15) is 56.3 Å². The first-order valence-electron chi connectivity index (χ1n) is 8.00. The molecule has 21 heavy (non-hydrogen) atoms. The normalized spacial score (nSPS) is 15.7. The van der Waals surface area contributed by atoms with Gasteiger partial charge in [-0.15, -0.1) is 0 Å². The number of carbonyl (C=O) groups excluding carboxylic acids is 1. The first-order chi connectivity index (χ1) is 10.2. The first kappa shape index (κ1) is 15.7. The summed E-state index contributed by atoms with van der Waals surface area (Å²) in [6.45, 7) is 5.27. The highest BCUT2D eigenvalue weighted by molar-refractivity contribution is 5.95. The molecule has 4 nitrogen and oxygen atoms in total. The number of nitrogen functional groups attached to an aromatic ring is 1. The van der Waals surface area contributed by atoms with Crippen molar-refractivity contribution in [1.82, 2.24) is 4.90 Å². The van der Waals surface area contributed by atoms with Crippen molar-refractivity contribution in [1.29, 1.82) is 0 Å². The van der Waals surface area contributed by atoms with Gasteiger partial charge in [-0.2, -0.15) is 0 Å². The lowest BCUT2D eigenvalue weighted by atomic mass is 9.93. The third kappa shape index (κ3) is 3.90. The van der Waals surface area contributed by atoms with Crippen LogP contribution in [-0.2, 0) is 0 Å². The molecule has 1 fully saturated rings. The van der Waals surface area contributed by atoms with Crippen molar-refractivity contribution in [3.63, 3.8) is 0 Å². The van der Waals surface area contributed by atoms with E-state index in [1.165, 1.54) is 19.3 Å². The van der Waals surface area contributed by atoms with Gasteiger partial charge < -0.3 is 15.4 Å². The predicted molar refractivity (Wildman–Crippen MR) is 85.6 cm³/mol. The number of amides is 1. The van der Waals surface area contributed by atoms with E-state index in [0.717, 1.165) is 19.4 Å². The van der Waals surface area contributed by atoms with Gasteiger partial charge in [0.1, 0.15) is 5.75 Å². The fourth-order valence-electron chi connectivity index (χ4n) is 3.12. The molecular weight excluding hydrogens is 264 g/mol. The summed E-state index contributed by atoms with van der Waals surface area (Å²) in [7, 11) is 0. The zero-order valence-electron chi connectivity index (χ0n) is 13.1. The van der Waals surface area contributed by atoms with E-state index in [1.54, 1.807) is 18.2 Å². The maximum Gasteiger partial charge on any atom is 0.254 e. The highest BCUT2D eigenvalue weighted by Crippen LogP contribution is 2.26. The summed E-state index contributed by atoms with van der Waals surface area (Å²) in [6, 6.07) is 5.68. The number of carbonyl (C=O) groups is 1. The second kappa shape index (κ2) is 7.34. The number of anilines is 1. The standard InChI is InChI=1S/C17H26N2O2/c1-3-19(15-8-6-5-7-9-15)17(20)13-10-14(18)12-16(11-13)21-4-2/h10-12,15H,3-9,18H2,1-2H3. The van der Waals surface area contributed by atoms with E-state index < -0.39 is 0 Å². The molecule has 1 saturated carbocycles. The Morgan fingerprint density at radius 2 is 1.95 bits per heavy atom. The van der Waals surface area contributed by atoms with E-state index in [0.29, 0.717) is 29.6 Å². The third-order valence-corrected chi connectivity index (χ3v) is 4.10. The summed E-state index contributed by atoms with van der Waals surface area (Å²) in [5.74, 6) is 0.734. The van der Waals surface area contributed by atoms with Gasteiger partial charge in [0.15, 0.2) is 0 Å². The minimum atomic E-state index is 0.0673. The lowest BCUT2D eigenvalue weighted by Crippen LogP contribution is -2.41. The Morgan fingerprint density at radius 3 is 2.57 bits per heavy atom. The van der Waals surface area contributed by atoms with E-state index in [1.807, 2.05) is 18.7 Å². The van der Waals surface area contributed by atoms with Crippen LogP contribution in [-0.4, -0.2) is 30.0 Å². The number of hydrogen-bond donors (Lipinski definition) is 1. The molecule has 1 aromatic rings. The van der Waals surface area contributed by atoms with Crippen molar-refractivity contribution in [3.8, 4) is 5.75 Å². The summed E-state index contributed by atoms with van der Waals surface area (Å²) < 4.78 is 5.49. The monoisotopic (exact) mass is 290 g/mol. The molecule has 2 N–H and O–H groups in total. The number of hydrogen-bond acceptors (Lipinski definition) is 3. The van der Waals surface area contributed by atoms with Crippen LogP contribution < -0.4 is 10.5 Å². The Kier molecular flexibility index (Phi) is 5.48. The van der Waals surface area contributed by atoms with E-state index >= 15 is 0 Å². The van der Waals surface area contributed by atoms with Gasteiger partial charge in [-0.05, 0) is 38.8 Å². The second-order valence-corrected chi connectivity index (χ2v) is 5.61. The molecule has 0 radical (unpaired) electrons. The minimum Gasteiger partial charge on any atom is -0.494 e. The summed E-state index contributed by atoms with van der Waals surface area (Å²) in [5, 5.41) is 0. The Labute approximate surface area is 127 Å². The lowest BCUT2D eigenvalue weighted by molar-refractivity contribution is 0.0647. The van der Waals surface area contributed by atoms with Gasteiger partial charge in [0, 0.05) is 29.9 Å². The molecule has 4 heteroatoms. The minimum absolute atomic E-state index is 0.0673. The van der Waals surface area contributed by atoms with Crippen molar-refractivity contribution < 1.29 is 9.53 Å². The van der Waals surface area contributed by atoms with Crippen molar-refractivity contribution >= 4 is 11.6 Å². The van der Waals surface area contributed by atoms with Gasteiger partial charge >= 0.3 is 0 Å².